The van der Waals surface area contributed by atoms with Gasteiger partial charge in [0.1, 0.15) is 5.75 Å². The van der Waals surface area contributed by atoms with Gasteiger partial charge in [-0.15, -0.1) is 0 Å². The zero-order valence-electron chi connectivity index (χ0n) is 13.6. The molecule has 126 valence electrons. The van der Waals surface area contributed by atoms with Gasteiger partial charge in [0.15, 0.2) is 5.70 Å². The molecule has 0 fully saturated rings. The standard InChI is InChI=1S/C18H14N2O5/c1-11-9-13(7-8-15(11)20(22)23)17-19-14(18(21)25-17)10-12-5-3-4-6-16(12)24-2/h3-10H,1-2H3/b14-10-. The van der Waals surface area contributed by atoms with E-state index in [1.165, 1.54) is 12.1 Å². The molecule has 0 atom stereocenters. The van der Waals surface area contributed by atoms with Gasteiger partial charge < -0.3 is 9.47 Å². The number of hydrogen-bond acceptors (Lipinski definition) is 6. The summed E-state index contributed by atoms with van der Waals surface area (Å²) in [6.07, 6.45) is 1.58. The molecule has 2 aromatic rings. The fraction of sp³-hybridized carbons (Fsp3) is 0.111. The molecule has 25 heavy (non-hydrogen) atoms. The van der Waals surface area contributed by atoms with Crippen LogP contribution >= 0.6 is 0 Å². The average molecular weight is 338 g/mol. The molecule has 2 aromatic carbocycles. The van der Waals surface area contributed by atoms with Crippen LogP contribution in [0.15, 0.2) is 53.2 Å². The van der Waals surface area contributed by atoms with E-state index in [9.17, 15) is 14.9 Å². The Bertz CT molecular complexity index is 931. The minimum Gasteiger partial charge on any atom is -0.496 e. The Balaban J connectivity index is 1.96. The third kappa shape index (κ3) is 3.25. The van der Waals surface area contributed by atoms with Gasteiger partial charge in [0.2, 0.25) is 5.90 Å². The highest BCUT2D eigenvalue weighted by atomic mass is 16.6. The highest BCUT2D eigenvalue weighted by molar-refractivity contribution is 6.13. The Morgan fingerprint density at radius 1 is 1.24 bits per heavy atom. The average Bonchev–Trinajstić information content (AvgIpc) is 2.95. The summed E-state index contributed by atoms with van der Waals surface area (Å²) in [6.45, 7) is 1.62. The lowest BCUT2D eigenvalue weighted by Gasteiger charge is -2.03. The van der Waals surface area contributed by atoms with Gasteiger partial charge in [-0.3, -0.25) is 10.1 Å². The van der Waals surface area contributed by atoms with E-state index in [-0.39, 0.29) is 17.3 Å². The molecule has 0 aromatic heterocycles. The van der Waals surface area contributed by atoms with Gasteiger partial charge in [0.05, 0.1) is 12.0 Å². The van der Waals surface area contributed by atoms with Gasteiger partial charge in [-0.25, -0.2) is 9.79 Å². The highest BCUT2D eigenvalue weighted by Crippen LogP contribution is 2.26. The van der Waals surface area contributed by atoms with E-state index >= 15 is 0 Å². The van der Waals surface area contributed by atoms with Gasteiger partial charge in [-0.1, -0.05) is 18.2 Å². The number of para-hydroxylation sites is 1. The summed E-state index contributed by atoms with van der Waals surface area (Å²) in [7, 11) is 1.54. The second kappa shape index (κ2) is 6.56. The Morgan fingerprint density at radius 3 is 2.68 bits per heavy atom. The van der Waals surface area contributed by atoms with Crippen molar-refractivity contribution < 1.29 is 19.2 Å². The molecule has 1 heterocycles. The van der Waals surface area contributed by atoms with Crippen molar-refractivity contribution in [2.24, 2.45) is 4.99 Å². The molecular weight excluding hydrogens is 324 g/mol. The summed E-state index contributed by atoms with van der Waals surface area (Å²) in [4.78, 5) is 26.7. The number of aryl methyl sites for hydroxylation is 1. The molecule has 0 amide bonds. The summed E-state index contributed by atoms with van der Waals surface area (Å²) in [5.41, 5.74) is 1.79. The molecular formula is C18H14N2O5. The van der Waals surface area contributed by atoms with Crippen LogP contribution in [0.1, 0.15) is 16.7 Å². The minimum atomic E-state index is -0.586. The summed E-state index contributed by atoms with van der Waals surface area (Å²) in [5, 5.41) is 10.9. The number of rotatable bonds is 4. The molecule has 3 rings (SSSR count). The van der Waals surface area contributed by atoms with E-state index in [2.05, 4.69) is 4.99 Å². The largest absolute Gasteiger partial charge is 0.496 e. The first-order valence-electron chi connectivity index (χ1n) is 7.40. The Hall–Kier alpha value is -3.48. The first kappa shape index (κ1) is 16.4. The lowest BCUT2D eigenvalue weighted by atomic mass is 10.1. The van der Waals surface area contributed by atoms with E-state index in [0.717, 1.165) is 0 Å². The third-order valence-electron chi connectivity index (χ3n) is 3.69. The van der Waals surface area contributed by atoms with Crippen molar-refractivity contribution in [2.75, 3.05) is 7.11 Å². The van der Waals surface area contributed by atoms with Gasteiger partial charge in [0, 0.05) is 22.8 Å². The Labute approximate surface area is 143 Å². The van der Waals surface area contributed by atoms with Crippen LogP contribution in [-0.4, -0.2) is 23.9 Å². The third-order valence-corrected chi connectivity index (χ3v) is 3.69. The Kier molecular flexibility index (Phi) is 4.30. The van der Waals surface area contributed by atoms with E-state index in [0.29, 0.717) is 22.4 Å². The van der Waals surface area contributed by atoms with Crippen molar-refractivity contribution in [1.29, 1.82) is 0 Å². The number of carbonyl (C=O) groups excluding carboxylic acids is 1. The molecule has 0 unspecified atom stereocenters. The van der Waals surface area contributed by atoms with Crippen LogP contribution in [-0.2, 0) is 9.53 Å². The molecule has 0 spiro atoms. The van der Waals surface area contributed by atoms with Crippen molar-refractivity contribution in [2.45, 2.75) is 6.92 Å². The number of benzene rings is 2. The molecule has 0 saturated heterocycles. The summed E-state index contributed by atoms with van der Waals surface area (Å²) >= 11 is 0. The quantitative estimate of drug-likeness (QED) is 0.369. The van der Waals surface area contributed by atoms with Gasteiger partial charge in [-0.05, 0) is 31.2 Å². The van der Waals surface area contributed by atoms with Crippen LogP contribution in [0.5, 0.6) is 5.75 Å². The van der Waals surface area contributed by atoms with Gasteiger partial charge >= 0.3 is 5.97 Å². The summed E-state index contributed by atoms with van der Waals surface area (Å²) in [5.74, 6) is 0.138. The smallest absolute Gasteiger partial charge is 0.363 e. The molecule has 7 nitrogen and oxygen atoms in total. The van der Waals surface area contributed by atoms with E-state index in [4.69, 9.17) is 9.47 Å². The van der Waals surface area contributed by atoms with Crippen LogP contribution in [0.4, 0.5) is 5.69 Å². The number of hydrogen-bond donors (Lipinski definition) is 0. The topological polar surface area (TPSA) is 91.0 Å². The fourth-order valence-corrected chi connectivity index (χ4v) is 2.46. The maximum atomic E-state index is 12.1. The normalized spacial score (nSPS) is 15.0. The minimum absolute atomic E-state index is 0.00143. The van der Waals surface area contributed by atoms with Crippen LogP contribution in [0.25, 0.3) is 6.08 Å². The van der Waals surface area contributed by atoms with Crippen LogP contribution < -0.4 is 4.74 Å². The number of carbonyl (C=O) groups is 1. The van der Waals surface area contributed by atoms with Crippen LogP contribution in [0, 0.1) is 17.0 Å². The molecule has 0 aliphatic carbocycles. The number of ether oxygens (including phenoxy) is 2. The summed E-state index contributed by atoms with van der Waals surface area (Å²) in [6, 6.07) is 11.6. The molecule has 1 aliphatic rings. The van der Waals surface area contributed by atoms with E-state index < -0.39 is 10.9 Å². The number of aliphatic imine (C=N–C) groups is 1. The number of esters is 1. The number of cyclic esters (lactones) is 1. The van der Waals surface area contributed by atoms with Crippen molar-refractivity contribution in [1.82, 2.24) is 0 Å². The lowest BCUT2D eigenvalue weighted by Crippen LogP contribution is -2.06. The maximum Gasteiger partial charge on any atom is 0.363 e. The SMILES string of the molecule is COc1ccccc1/C=C1\N=C(c2ccc([N+](=O)[O-])c(C)c2)OC1=O. The number of nitro benzene ring substituents is 1. The number of nitrogens with zero attached hydrogens (tertiary/aromatic N) is 2. The van der Waals surface area contributed by atoms with Gasteiger partial charge in [0.25, 0.3) is 5.69 Å². The molecule has 7 heteroatoms. The molecule has 0 N–H and O–H groups in total. The zero-order valence-corrected chi connectivity index (χ0v) is 13.6. The van der Waals surface area contributed by atoms with E-state index in [1.807, 2.05) is 12.1 Å². The second-order valence-electron chi connectivity index (χ2n) is 5.34. The van der Waals surface area contributed by atoms with Crippen molar-refractivity contribution in [3.05, 3.63) is 75.0 Å². The molecule has 1 aliphatic heterocycles. The molecule has 0 radical (unpaired) electrons. The fourth-order valence-electron chi connectivity index (χ4n) is 2.46. The van der Waals surface area contributed by atoms with Crippen LogP contribution in [0.2, 0.25) is 0 Å². The first-order chi connectivity index (χ1) is 12.0. The van der Waals surface area contributed by atoms with E-state index in [1.54, 1.807) is 38.3 Å². The monoisotopic (exact) mass is 338 g/mol. The van der Waals surface area contributed by atoms with Crippen molar-refractivity contribution >= 4 is 23.6 Å². The number of nitro groups is 1. The molecule has 0 saturated carbocycles. The Morgan fingerprint density at radius 2 is 2.00 bits per heavy atom. The summed E-state index contributed by atoms with van der Waals surface area (Å²) < 4.78 is 10.4. The maximum absolute atomic E-state index is 12.1. The van der Waals surface area contributed by atoms with Crippen molar-refractivity contribution in [3.8, 4) is 5.75 Å². The van der Waals surface area contributed by atoms with Crippen molar-refractivity contribution in [3.63, 3.8) is 0 Å². The van der Waals surface area contributed by atoms with Gasteiger partial charge in [-0.2, -0.15) is 0 Å². The number of methoxy groups -OCH3 is 1. The highest BCUT2D eigenvalue weighted by Gasteiger charge is 2.25. The van der Waals surface area contributed by atoms with Crippen LogP contribution in [0.3, 0.4) is 0 Å². The zero-order chi connectivity index (χ0) is 18.0. The predicted octanol–water partition coefficient (Wildman–Crippen LogP) is 3.26. The second-order valence-corrected chi connectivity index (χ2v) is 5.34. The molecule has 0 bridgehead atoms. The first-order valence-corrected chi connectivity index (χ1v) is 7.40. The predicted molar refractivity (Wildman–Crippen MR) is 91.4 cm³/mol. The lowest BCUT2D eigenvalue weighted by molar-refractivity contribution is -0.385.